The van der Waals surface area contributed by atoms with Crippen LogP contribution in [0.1, 0.15) is 75.3 Å². The number of phenols is 6. The molecule has 6 amide bonds. The van der Waals surface area contributed by atoms with Gasteiger partial charge in [0.25, 0.3) is 0 Å². The van der Waals surface area contributed by atoms with E-state index in [1.807, 2.05) is 0 Å². The fourth-order valence-corrected chi connectivity index (χ4v) is 11.0. The number of fused-ring (bicyclic) bond motifs is 14. The minimum Gasteiger partial charge on any atom is -0.508 e. The number of carbonyl (C=O) groups excluding carboxylic acids is 6. The van der Waals surface area contributed by atoms with E-state index in [0.29, 0.717) is 5.56 Å². The van der Waals surface area contributed by atoms with Gasteiger partial charge >= 0.3 is 5.97 Å². The van der Waals surface area contributed by atoms with Crippen LogP contribution in [-0.2, 0) is 40.0 Å². The largest absolute Gasteiger partial charge is 0.508 e. The lowest BCUT2D eigenvalue weighted by Crippen LogP contribution is -2.55. The summed E-state index contributed by atoms with van der Waals surface area (Å²) >= 11 is 20.3. The standard InChI is InChI=1S/C58H44Cl3N7O18/c59-31-7-20-1-5-37(31)85-40-15-25-16-41(51(40)75)86-38-6-3-22(12-32(38)60)49(73)48-57(81)67-47(58(82)83)29-18-27(70)19-36(72)42(29)30-11-24(13-33(61)50(30)74)45(56(80)68-48)65-55(79)46(25)66-54(78)44-23-9-26(69)17-28(10-23)84-39-14-21(2-4-35(39)71)43(62)53(77)63-34(8-20)52(76)64-44/h1-7,9-19,34,43-49,69-75H,8,62H2,(H,63,77)(H,64,76)(H,65,79)(H,66,78)(H,67,81)(H,68,80)(H,82,83)/t34-,43+,44-,45+,46+,47+,48-,49+/m0/s1. The second kappa shape index (κ2) is 22.4. The Kier molecular flexibility index (Phi) is 15.0. The molecule has 7 aromatic carbocycles. The second-order valence-corrected chi connectivity index (χ2v) is 21.4. The van der Waals surface area contributed by atoms with Crippen molar-refractivity contribution in [2.45, 2.75) is 54.8 Å². The van der Waals surface area contributed by atoms with Gasteiger partial charge < -0.3 is 92.7 Å². The predicted molar refractivity (Wildman–Crippen MR) is 300 cm³/mol. The van der Waals surface area contributed by atoms with Crippen LogP contribution in [0.25, 0.3) is 11.1 Å². The number of rotatable bonds is 1. The highest BCUT2D eigenvalue weighted by atomic mass is 35.5. The van der Waals surface area contributed by atoms with Crippen LogP contribution in [0.2, 0.25) is 15.1 Å². The number of carboxylic acid groups (broad SMARTS) is 1. The van der Waals surface area contributed by atoms with Gasteiger partial charge in [0, 0.05) is 35.2 Å². The maximum atomic E-state index is 15.7. The van der Waals surface area contributed by atoms with Crippen LogP contribution in [0.4, 0.5) is 0 Å². The van der Waals surface area contributed by atoms with Crippen LogP contribution < -0.4 is 51.8 Å². The zero-order chi connectivity index (χ0) is 61.3. The first-order valence-corrected chi connectivity index (χ1v) is 26.8. The highest BCUT2D eigenvalue weighted by Gasteiger charge is 2.41. The molecule has 16 N–H and O–H groups in total. The Bertz CT molecular complexity index is 4090. The Labute approximate surface area is 498 Å². The van der Waals surface area contributed by atoms with Gasteiger partial charge in [-0.1, -0.05) is 53.0 Å². The number of hydrogen-bond donors (Lipinski definition) is 15. The number of ether oxygens (including phenoxy) is 3. The number of halogens is 3. The molecule has 8 atom stereocenters. The van der Waals surface area contributed by atoms with Gasteiger partial charge in [-0.15, -0.1) is 0 Å². The van der Waals surface area contributed by atoms with E-state index in [2.05, 4.69) is 31.9 Å². The quantitative estimate of drug-likeness (QED) is 0.0945. The third-order valence-corrected chi connectivity index (χ3v) is 15.4. The van der Waals surface area contributed by atoms with E-state index in [1.54, 1.807) is 0 Å². The van der Waals surface area contributed by atoms with Crippen LogP contribution >= 0.6 is 34.8 Å². The van der Waals surface area contributed by atoms with Crippen molar-refractivity contribution < 1.29 is 88.6 Å². The smallest absolute Gasteiger partial charge is 0.330 e. The van der Waals surface area contributed by atoms with Crippen molar-refractivity contribution in [1.82, 2.24) is 31.9 Å². The lowest BCUT2D eigenvalue weighted by atomic mass is 9.89. The summed E-state index contributed by atoms with van der Waals surface area (Å²) < 4.78 is 18.4. The summed E-state index contributed by atoms with van der Waals surface area (Å²) in [4.78, 5) is 103. The van der Waals surface area contributed by atoms with Gasteiger partial charge in [0.1, 0.15) is 82.6 Å². The summed E-state index contributed by atoms with van der Waals surface area (Å²) in [5.74, 6) is -15.5. The number of phenolic OH excluding ortho intramolecular Hbond substituents is 6. The first-order valence-electron chi connectivity index (χ1n) is 25.6. The molecular weight excluding hydrogens is 1190 g/mol. The Morgan fingerprint density at radius 1 is 0.488 bits per heavy atom. The average Bonchev–Trinajstić information content (AvgIpc) is 3.02. The third kappa shape index (κ3) is 11.0. The molecule has 25 nitrogen and oxygen atoms in total. The number of carboxylic acids is 1. The Balaban J connectivity index is 1.15. The monoisotopic (exact) mass is 1230 g/mol. The number of amides is 6. The van der Waals surface area contributed by atoms with Crippen LogP contribution in [0.3, 0.4) is 0 Å². The van der Waals surface area contributed by atoms with Crippen molar-refractivity contribution in [2.24, 2.45) is 5.73 Å². The average molecular weight is 1230 g/mol. The highest BCUT2D eigenvalue weighted by molar-refractivity contribution is 6.33. The molecule has 13 rings (SSSR count). The molecule has 0 saturated heterocycles. The first kappa shape index (κ1) is 57.6. The lowest BCUT2D eigenvalue weighted by molar-refractivity contribution is -0.143. The van der Waals surface area contributed by atoms with Crippen molar-refractivity contribution >= 4 is 76.2 Å². The summed E-state index contributed by atoms with van der Waals surface area (Å²) in [7, 11) is 0. The topological polar surface area (TPSA) is 407 Å². The molecule has 0 aliphatic carbocycles. The fourth-order valence-electron chi connectivity index (χ4n) is 10.3. The van der Waals surface area contributed by atoms with Gasteiger partial charge in [-0.3, -0.25) is 28.8 Å². The van der Waals surface area contributed by atoms with Crippen molar-refractivity contribution in [2.75, 3.05) is 0 Å². The van der Waals surface area contributed by atoms with E-state index in [0.717, 1.165) is 54.6 Å². The summed E-state index contributed by atoms with van der Waals surface area (Å²) in [5, 5.41) is 104. The molecule has 6 aliphatic heterocycles. The summed E-state index contributed by atoms with van der Waals surface area (Å²) in [6.45, 7) is 0. The number of aliphatic hydroxyl groups excluding tert-OH is 1. The molecule has 6 aliphatic rings. The molecule has 0 fully saturated rings. The number of aliphatic hydroxyl groups is 1. The van der Waals surface area contributed by atoms with Gasteiger partial charge in [0.15, 0.2) is 29.0 Å². The molecule has 7 aromatic rings. The molecule has 440 valence electrons. The number of hydrogen-bond acceptors (Lipinski definition) is 18. The van der Waals surface area contributed by atoms with E-state index in [1.165, 1.54) is 54.6 Å². The van der Waals surface area contributed by atoms with Crippen LogP contribution in [-0.4, -0.2) is 94.3 Å². The molecule has 6 heterocycles. The summed E-state index contributed by atoms with van der Waals surface area (Å²) in [6, 6.07) is 6.46. The highest BCUT2D eigenvalue weighted by Crippen LogP contribution is 2.49. The SMILES string of the molecule is N[C@H]1C(=O)N[C@H]2Cc3ccc(c(Cl)c3)Oc3cc4cc(c3O)Oc3ccc(cc3Cl)[C@@H](O)[C@@H]3NC(=O)[C@H](NC(=O)[C@@H]4NC(=O)[C@@H](NC2=O)c2cc(O)cc(c2)Oc2cc1ccc2O)c1cc(Cl)c(O)c(c1)-c1c(O)cc(O)cc1[C@H](C(=O)O)NC3=O. The Hall–Kier alpha value is -10.2. The molecule has 0 radical (unpaired) electrons. The Morgan fingerprint density at radius 3 is 1.71 bits per heavy atom. The number of aromatic hydroxyl groups is 6. The molecular formula is C58H44Cl3N7O18. The Morgan fingerprint density at radius 2 is 1.06 bits per heavy atom. The van der Waals surface area contributed by atoms with Crippen molar-refractivity contribution in [3.63, 3.8) is 0 Å². The molecule has 17 bridgehead atoms. The molecule has 28 heteroatoms. The van der Waals surface area contributed by atoms with Gasteiger partial charge in [0.2, 0.25) is 41.2 Å². The van der Waals surface area contributed by atoms with E-state index >= 15 is 14.4 Å². The first-order chi connectivity index (χ1) is 40.9. The number of carbonyl (C=O) groups is 7. The van der Waals surface area contributed by atoms with Crippen molar-refractivity contribution in [1.29, 1.82) is 0 Å². The van der Waals surface area contributed by atoms with E-state index in [9.17, 15) is 60.0 Å². The molecule has 0 unspecified atom stereocenters. The number of nitrogens with one attached hydrogen (secondary N) is 6. The van der Waals surface area contributed by atoms with E-state index in [4.69, 9.17) is 54.7 Å². The fraction of sp³-hybridized carbons (Fsp3) is 0.155. The minimum atomic E-state index is -2.23. The summed E-state index contributed by atoms with van der Waals surface area (Å²) in [6.07, 6.45) is -2.51. The molecule has 0 spiro atoms. The molecule has 86 heavy (non-hydrogen) atoms. The van der Waals surface area contributed by atoms with Gasteiger partial charge in [-0.25, -0.2) is 4.79 Å². The van der Waals surface area contributed by atoms with Crippen LogP contribution in [0.5, 0.6) is 69.0 Å². The molecule has 0 aromatic heterocycles. The van der Waals surface area contributed by atoms with Gasteiger partial charge in [-0.05, 0) is 112 Å². The molecule has 0 saturated carbocycles. The maximum absolute atomic E-state index is 15.7. The number of nitrogens with two attached hydrogens (primary N) is 1. The van der Waals surface area contributed by atoms with E-state index in [-0.39, 0.29) is 61.7 Å². The second-order valence-electron chi connectivity index (χ2n) is 20.2. The lowest BCUT2D eigenvalue weighted by Gasteiger charge is -2.31. The third-order valence-electron chi connectivity index (χ3n) is 14.5. The predicted octanol–water partition coefficient (Wildman–Crippen LogP) is 5.64. The minimum absolute atomic E-state index is 0.113. The van der Waals surface area contributed by atoms with Crippen molar-refractivity contribution in [3.8, 4) is 80.1 Å². The van der Waals surface area contributed by atoms with E-state index < -0.39 is 163 Å². The normalized spacial score (nSPS) is 21.9. The van der Waals surface area contributed by atoms with Crippen LogP contribution in [0, 0.1) is 0 Å². The van der Waals surface area contributed by atoms with Gasteiger partial charge in [-0.2, -0.15) is 0 Å². The summed E-state index contributed by atoms with van der Waals surface area (Å²) in [5.41, 5.74) is 3.97. The number of benzene rings is 7. The van der Waals surface area contributed by atoms with Crippen molar-refractivity contribution in [3.05, 3.63) is 163 Å². The van der Waals surface area contributed by atoms with Crippen LogP contribution in [0.15, 0.2) is 109 Å². The number of aliphatic carboxylic acids is 1. The van der Waals surface area contributed by atoms with Gasteiger partial charge in [0.05, 0.1) is 15.1 Å². The zero-order valence-electron chi connectivity index (χ0n) is 43.6. The zero-order valence-corrected chi connectivity index (χ0v) is 45.9. The maximum Gasteiger partial charge on any atom is 0.330 e.